The Labute approximate surface area is 274 Å². The summed E-state index contributed by atoms with van der Waals surface area (Å²) in [6, 6.07) is 12.5. The molecule has 2 aliphatic rings. The van der Waals surface area contributed by atoms with Crippen molar-refractivity contribution in [3.8, 4) is 10.4 Å². The van der Waals surface area contributed by atoms with E-state index in [1.807, 2.05) is 77.9 Å². The SMILES string of the molecule is Cc1ncsc1-c1ccc([C@H](CC(=O)NC(C)(C)C)NC(=O)[C@@H]2C[C@@H](O)CN2C(=O)[C@H](C(C)C)N2Cc3ccccc3C2=O)cc1. The summed E-state index contributed by atoms with van der Waals surface area (Å²) in [5.41, 5.74) is 5.41. The lowest BCUT2D eigenvalue weighted by Gasteiger charge is -2.35. The van der Waals surface area contributed by atoms with Gasteiger partial charge in [0.05, 0.1) is 34.6 Å². The summed E-state index contributed by atoms with van der Waals surface area (Å²) in [5.74, 6) is -1.52. The monoisotopic (exact) mass is 645 g/mol. The molecule has 4 amide bonds. The Balaban J connectivity index is 1.38. The van der Waals surface area contributed by atoms with Gasteiger partial charge in [-0.25, -0.2) is 4.98 Å². The third-order valence-corrected chi connectivity index (χ3v) is 9.45. The van der Waals surface area contributed by atoms with Crippen LogP contribution in [0.1, 0.15) is 80.7 Å². The van der Waals surface area contributed by atoms with Gasteiger partial charge in [0.15, 0.2) is 0 Å². The van der Waals surface area contributed by atoms with Crippen molar-refractivity contribution in [2.75, 3.05) is 6.54 Å². The number of fused-ring (bicyclic) bond motifs is 1. The second-order valence-electron chi connectivity index (χ2n) is 13.6. The molecule has 0 spiro atoms. The lowest BCUT2D eigenvalue weighted by molar-refractivity contribution is -0.143. The molecule has 3 heterocycles. The Hall–Kier alpha value is -4.09. The normalized spacial score (nSPS) is 19.3. The molecule has 244 valence electrons. The van der Waals surface area contributed by atoms with Crippen molar-refractivity contribution in [2.45, 2.75) is 90.7 Å². The molecule has 0 bridgehead atoms. The summed E-state index contributed by atoms with van der Waals surface area (Å²) in [5, 5.41) is 16.7. The van der Waals surface area contributed by atoms with Crippen LogP contribution in [-0.4, -0.2) is 73.8 Å². The minimum atomic E-state index is -0.962. The van der Waals surface area contributed by atoms with Crippen LogP contribution in [0.3, 0.4) is 0 Å². The van der Waals surface area contributed by atoms with Gasteiger partial charge in [0.1, 0.15) is 12.1 Å². The molecule has 0 radical (unpaired) electrons. The van der Waals surface area contributed by atoms with Crippen molar-refractivity contribution >= 4 is 35.0 Å². The van der Waals surface area contributed by atoms with Crippen molar-refractivity contribution in [3.05, 3.63) is 76.4 Å². The van der Waals surface area contributed by atoms with E-state index in [1.54, 1.807) is 33.9 Å². The van der Waals surface area contributed by atoms with E-state index in [-0.39, 0.29) is 43.0 Å². The molecule has 0 aliphatic carbocycles. The molecule has 46 heavy (non-hydrogen) atoms. The average Bonchev–Trinajstić information content (AvgIpc) is 3.68. The average molecular weight is 646 g/mol. The molecule has 1 aromatic heterocycles. The zero-order valence-electron chi connectivity index (χ0n) is 27.2. The van der Waals surface area contributed by atoms with Crippen LogP contribution in [0.25, 0.3) is 10.4 Å². The molecule has 11 heteroatoms. The highest BCUT2D eigenvalue weighted by Crippen LogP contribution is 2.32. The standard InChI is InChI=1S/C35H43N5O5S/c1-20(2)30(40-17-24-9-7-8-10-26(24)33(40)44)34(45)39-18-25(41)15-28(39)32(43)37-27(16-29(42)38-35(4,5)6)22-11-13-23(14-12-22)31-21(3)36-19-46-31/h7-14,19-20,25,27-28,30,41H,15-18H2,1-6H3,(H,37,43)(H,38,42)/t25-,27+,28+,30+/m1/s1. The summed E-state index contributed by atoms with van der Waals surface area (Å²) >= 11 is 1.54. The number of amides is 4. The molecule has 3 aromatic rings. The molecule has 0 saturated carbocycles. The Morgan fingerprint density at radius 3 is 2.39 bits per heavy atom. The van der Waals surface area contributed by atoms with Crippen molar-refractivity contribution in [3.63, 3.8) is 0 Å². The number of aryl methyl sites for hydroxylation is 1. The Bertz CT molecular complexity index is 1610. The molecule has 4 atom stereocenters. The van der Waals surface area contributed by atoms with Gasteiger partial charge in [-0.05, 0) is 56.4 Å². The van der Waals surface area contributed by atoms with Gasteiger partial charge in [0, 0.05) is 30.6 Å². The van der Waals surface area contributed by atoms with E-state index in [2.05, 4.69) is 15.6 Å². The quantitative estimate of drug-likeness (QED) is 0.319. The minimum Gasteiger partial charge on any atom is -0.391 e. The Morgan fingerprint density at radius 2 is 1.78 bits per heavy atom. The molecule has 2 aromatic carbocycles. The zero-order chi connectivity index (χ0) is 33.3. The van der Waals surface area contributed by atoms with Crippen LogP contribution in [0.5, 0.6) is 0 Å². The fourth-order valence-electron chi connectivity index (χ4n) is 6.38. The fourth-order valence-corrected chi connectivity index (χ4v) is 7.19. The third-order valence-electron chi connectivity index (χ3n) is 8.48. The number of carbonyl (C=O) groups excluding carboxylic acids is 4. The first-order valence-electron chi connectivity index (χ1n) is 15.7. The number of β-amino-alcohol motifs (C(OH)–C–C–N with tert-alkyl or cyclic N) is 1. The maximum atomic E-state index is 14.2. The third kappa shape index (κ3) is 7.15. The number of nitrogens with one attached hydrogen (secondary N) is 2. The van der Waals surface area contributed by atoms with Crippen LogP contribution in [-0.2, 0) is 20.9 Å². The second-order valence-corrected chi connectivity index (χ2v) is 14.5. The van der Waals surface area contributed by atoms with Gasteiger partial charge in [-0.2, -0.15) is 0 Å². The highest BCUT2D eigenvalue weighted by molar-refractivity contribution is 7.13. The number of likely N-dealkylation sites (tertiary alicyclic amines) is 1. The fraction of sp³-hybridized carbons (Fsp3) is 0.457. The minimum absolute atomic E-state index is 0.0136. The van der Waals surface area contributed by atoms with Gasteiger partial charge in [0.25, 0.3) is 5.91 Å². The smallest absolute Gasteiger partial charge is 0.255 e. The number of benzene rings is 2. The van der Waals surface area contributed by atoms with E-state index in [9.17, 15) is 24.3 Å². The highest BCUT2D eigenvalue weighted by Gasteiger charge is 2.46. The highest BCUT2D eigenvalue weighted by atomic mass is 32.1. The van der Waals surface area contributed by atoms with Gasteiger partial charge >= 0.3 is 0 Å². The van der Waals surface area contributed by atoms with Crippen molar-refractivity contribution in [1.29, 1.82) is 0 Å². The molecule has 1 fully saturated rings. The molecular weight excluding hydrogens is 602 g/mol. The van der Waals surface area contributed by atoms with E-state index in [0.717, 1.165) is 27.3 Å². The molecular formula is C35H43N5O5S. The first-order valence-corrected chi connectivity index (χ1v) is 16.6. The first kappa shape index (κ1) is 33.3. The Kier molecular flexibility index (Phi) is 9.65. The predicted molar refractivity (Wildman–Crippen MR) is 177 cm³/mol. The largest absolute Gasteiger partial charge is 0.391 e. The van der Waals surface area contributed by atoms with E-state index in [0.29, 0.717) is 12.1 Å². The summed E-state index contributed by atoms with van der Waals surface area (Å²) in [6.07, 6.45) is -0.856. The number of rotatable bonds is 9. The van der Waals surface area contributed by atoms with Gasteiger partial charge < -0.3 is 25.5 Å². The lowest BCUT2D eigenvalue weighted by atomic mass is 9.98. The van der Waals surface area contributed by atoms with Crippen molar-refractivity contribution in [1.82, 2.24) is 25.4 Å². The van der Waals surface area contributed by atoms with Crippen molar-refractivity contribution < 1.29 is 24.3 Å². The Morgan fingerprint density at radius 1 is 1.09 bits per heavy atom. The maximum absolute atomic E-state index is 14.2. The maximum Gasteiger partial charge on any atom is 0.255 e. The summed E-state index contributed by atoms with van der Waals surface area (Å²) in [7, 11) is 0. The van der Waals surface area contributed by atoms with Gasteiger partial charge in [0.2, 0.25) is 17.7 Å². The van der Waals surface area contributed by atoms with Crippen LogP contribution in [0.15, 0.2) is 54.0 Å². The van der Waals surface area contributed by atoms with Gasteiger partial charge in [-0.3, -0.25) is 19.2 Å². The molecule has 2 aliphatic heterocycles. The number of aliphatic hydroxyl groups excluding tert-OH is 1. The topological polar surface area (TPSA) is 132 Å². The molecule has 3 N–H and O–H groups in total. The zero-order valence-corrected chi connectivity index (χ0v) is 28.1. The van der Waals surface area contributed by atoms with E-state index in [4.69, 9.17) is 0 Å². The second kappa shape index (κ2) is 13.3. The van der Waals surface area contributed by atoms with Crippen LogP contribution < -0.4 is 10.6 Å². The summed E-state index contributed by atoms with van der Waals surface area (Å²) < 4.78 is 0. The molecule has 1 saturated heterocycles. The number of aliphatic hydroxyl groups is 1. The van der Waals surface area contributed by atoms with E-state index < -0.39 is 35.7 Å². The lowest BCUT2D eigenvalue weighted by Crippen LogP contribution is -2.55. The summed E-state index contributed by atoms with van der Waals surface area (Å²) in [6.45, 7) is 11.7. The number of thiazole rings is 1. The number of hydrogen-bond donors (Lipinski definition) is 3. The summed E-state index contributed by atoms with van der Waals surface area (Å²) in [4.78, 5) is 62.9. The van der Waals surface area contributed by atoms with Crippen LogP contribution in [0.4, 0.5) is 0 Å². The number of nitrogens with zero attached hydrogens (tertiary/aromatic N) is 3. The first-order chi connectivity index (χ1) is 21.7. The number of hydrogen-bond acceptors (Lipinski definition) is 7. The van der Waals surface area contributed by atoms with Crippen LogP contribution in [0.2, 0.25) is 0 Å². The van der Waals surface area contributed by atoms with Gasteiger partial charge in [-0.15, -0.1) is 11.3 Å². The van der Waals surface area contributed by atoms with Gasteiger partial charge in [-0.1, -0.05) is 56.3 Å². The van der Waals surface area contributed by atoms with Crippen LogP contribution in [0, 0.1) is 12.8 Å². The van der Waals surface area contributed by atoms with Crippen molar-refractivity contribution in [2.24, 2.45) is 5.92 Å². The van der Waals surface area contributed by atoms with Crippen LogP contribution >= 0.6 is 11.3 Å². The molecule has 0 unspecified atom stereocenters. The molecule has 5 rings (SSSR count). The van der Waals surface area contributed by atoms with E-state index in [1.165, 1.54) is 4.90 Å². The number of carbonyl (C=O) groups is 4. The predicted octanol–water partition coefficient (Wildman–Crippen LogP) is 4.22. The number of aromatic nitrogens is 1. The van der Waals surface area contributed by atoms with E-state index >= 15 is 0 Å². The molecule has 10 nitrogen and oxygen atoms in total.